The van der Waals surface area contributed by atoms with E-state index in [1.54, 1.807) is 31.7 Å². The number of thiophene rings is 1. The second-order valence-electron chi connectivity index (χ2n) is 6.50. The first kappa shape index (κ1) is 17.4. The number of nitrogens with zero attached hydrogens (tertiary/aromatic N) is 1. The highest BCUT2D eigenvalue weighted by Crippen LogP contribution is 2.25. The molecule has 1 aliphatic rings. The number of anilines is 1. The summed E-state index contributed by atoms with van der Waals surface area (Å²) in [5.41, 5.74) is 1.45. The van der Waals surface area contributed by atoms with Crippen molar-refractivity contribution in [1.29, 1.82) is 5.41 Å². The van der Waals surface area contributed by atoms with Crippen LogP contribution in [-0.4, -0.2) is 41.6 Å². The van der Waals surface area contributed by atoms with E-state index >= 15 is 0 Å². The smallest absolute Gasteiger partial charge is 0.263 e. The summed E-state index contributed by atoms with van der Waals surface area (Å²) >= 11 is 1.29. The van der Waals surface area contributed by atoms with Crippen LogP contribution in [0.5, 0.6) is 0 Å². The summed E-state index contributed by atoms with van der Waals surface area (Å²) in [5, 5.41) is 13.7. The van der Waals surface area contributed by atoms with E-state index in [1.807, 2.05) is 6.07 Å². The molecule has 0 aliphatic heterocycles. The summed E-state index contributed by atoms with van der Waals surface area (Å²) in [4.78, 5) is 29.2. The van der Waals surface area contributed by atoms with Gasteiger partial charge in [0.1, 0.15) is 0 Å². The fraction of sp³-hybridized carbons (Fsp3) is 0.389. The van der Waals surface area contributed by atoms with Crippen molar-refractivity contribution in [3.05, 3.63) is 50.1 Å². The third-order valence-corrected chi connectivity index (χ3v) is 5.35. The lowest BCUT2D eigenvalue weighted by molar-refractivity contribution is 0.0832. The molecule has 132 valence electrons. The van der Waals surface area contributed by atoms with E-state index in [9.17, 15) is 9.59 Å². The van der Waals surface area contributed by atoms with Crippen LogP contribution in [0, 0.1) is 5.41 Å². The van der Waals surface area contributed by atoms with Crippen molar-refractivity contribution < 1.29 is 4.79 Å². The average molecular weight is 358 g/mol. The second kappa shape index (κ2) is 7.23. The van der Waals surface area contributed by atoms with Gasteiger partial charge in [-0.05, 0) is 25.0 Å². The maximum atomic E-state index is 12.4. The molecule has 0 atom stereocenters. The van der Waals surface area contributed by atoms with E-state index in [2.05, 4.69) is 10.3 Å². The van der Waals surface area contributed by atoms with E-state index < -0.39 is 0 Å². The molecule has 7 heteroatoms. The molecule has 2 aromatic heterocycles. The monoisotopic (exact) mass is 358 g/mol. The van der Waals surface area contributed by atoms with Crippen molar-refractivity contribution in [3.63, 3.8) is 0 Å². The van der Waals surface area contributed by atoms with Gasteiger partial charge in [-0.2, -0.15) is 0 Å². The van der Waals surface area contributed by atoms with Crippen LogP contribution in [0.2, 0.25) is 0 Å². The van der Waals surface area contributed by atoms with Gasteiger partial charge >= 0.3 is 0 Å². The molecule has 3 rings (SSSR count). The maximum Gasteiger partial charge on any atom is 0.263 e. The number of hydrogen-bond donors (Lipinski definition) is 3. The van der Waals surface area contributed by atoms with Gasteiger partial charge in [-0.15, -0.1) is 11.3 Å². The second-order valence-corrected chi connectivity index (χ2v) is 7.41. The summed E-state index contributed by atoms with van der Waals surface area (Å²) in [6.45, 7) is 0. The van der Waals surface area contributed by atoms with Gasteiger partial charge in [-0.3, -0.25) is 15.0 Å². The molecule has 1 fully saturated rings. The number of amides is 1. The number of carbonyl (C=O) groups excluding carboxylic acids is 1. The lowest BCUT2D eigenvalue weighted by Crippen LogP contribution is -2.24. The molecule has 0 bridgehead atoms. The van der Waals surface area contributed by atoms with Crippen molar-refractivity contribution >= 4 is 28.6 Å². The zero-order valence-corrected chi connectivity index (χ0v) is 15.2. The fourth-order valence-corrected chi connectivity index (χ4v) is 4.00. The number of aromatic nitrogens is 1. The Kier molecular flexibility index (Phi) is 5.03. The zero-order chi connectivity index (χ0) is 18.0. The van der Waals surface area contributed by atoms with Gasteiger partial charge in [0.15, 0.2) is 0 Å². The number of aromatic amines is 1. The number of nitrogens with one attached hydrogen (secondary N) is 3. The number of hydrogen-bond acceptors (Lipinski definition) is 5. The molecule has 0 radical (unpaired) electrons. The quantitative estimate of drug-likeness (QED) is 0.718. The Morgan fingerprint density at radius 2 is 2.08 bits per heavy atom. The Morgan fingerprint density at radius 3 is 2.76 bits per heavy atom. The first-order valence-corrected chi connectivity index (χ1v) is 9.23. The lowest BCUT2D eigenvalue weighted by Gasteiger charge is -2.16. The van der Waals surface area contributed by atoms with E-state index in [4.69, 9.17) is 5.41 Å². The molecule has 25 heavy (non-hydrogen) atoms. The van der Waals surface area contributed by atoms with E-state index in [1.165, 1.54) is 29.1 Å². The van der Waals surface area contributed by atoms with Crippen molar-refractivity contribution in [2.75, 3.05) is 19.4 Å². The Hall–Kier alpha value is -2.41. The van der Waals surface area contributed by atoms with E-state index in [0.29, 0.717) is 27.7 Å². The van der Waals surface area contributed by atoms with Crippen molar-refractivity contribution in [2.24, 2.45) is 0 Å². The molecular weight excluding hydrogens is 336 g/mol. The van der Waals surface area contributed by atoms with Gasteiger partial charge < -0.3 is 15.2 Å². The highest BCUT2D eigenvalue weighted by Gasteiger charge is 2.21. The number of H-pyrrole nitrogens is 1. The standard InChI is InChI=1S/C18H22N4O2S/c1-22(2)18(24)14-9-11(10-25-14)16(19)15-13(7-8-20-17(15)23)21-12-5-3-4-6-12/h7-10,12,19H,3-6H2,1-2H3,(H2,20,21,23). The SMILES string of the molecule is CN(C)C(=O)c1cc(C(=N)c2c(NC3CCCC3)cc[nH]c2=O)cs1. The molecule has 0 spiro atoms. The van der Waals surface area contributed by atoms with E-state index in [-0.39, 0.29) is 17.2 Å². The van der Waals surface area contributed by atoms with Crippen LogP contribution in [0.15, 0.2) is 28.5 Å². The van der Waals surface area contributed by atoms with Gasteiger partial charge in [0.2, 0.25) is 0 Å². The number of pyridine rings is 1. The van der Waals surface area contributed by atoms with Gasteiger partial charge in [-0.1, -0.05) is 12.8 Å². The maximum absolute atomic E-state index is 12.4. The van der Waals surface area contributed by atoms with Crippen LogP contribution in [0.1, 0.15) is 46.5 Å². The van der Waals surface area contributed by atoms with Crippen LogP contribution in [0.25, 0.3) is 0 Å². The predicted molar refractivity (Wildman–Crippen MR) is 101 cm³/mol. The Bertz CT molecular complexity index is 847. The summed E-state index contributed by atoms with van der Waals surface area (Å²) < 4.78 is 0. The summed E-state index contributed by atoms with van der Waals surface area (Å²) in [5.74, 6) is -0.102. The van der Waals surface area contributed by atoms with Crippen LogP contribution in [0.3, 0.4) is 0 Å². The van der Waals surface area contributed by atoms with Crippen LogP contribution >= 0.6 is 11.3 Å². The van der Waals surface area contributed by atoms with Crippen molar-refractivity contribution in [2.45, 2.75) is 31.7 Å². The van der Waals surface area contributed by atoms with Crippen LogP contribution < -0.4 is 10.9 Å². The molecular formula is C18H22N4O2S. The molecule has 6 nitrogen and oxygen atoms in total. The molecule has 2 heterocycles. The zero-order valence-electron chi connectivity index (χ0n) is 14.4. The Morgan fingerprint density at radius 1 is 1.36 bits per heavy atom. The Balaban J connectivity index is 1.91. The molecule has 1 saturated carbocycles. The third kappa shape index (κ3) is 3.66. The minimum absolute atomic E-state index is 0.102. The third-order valence-electron chi connectivity index (χ3n) is 4.43. The number of carbonyl (C=O) groups is 1. The fourth-order valence-electron chi connectivity index (χ4n) is 3.08. The van der Waals surface area contributed by atoms with Gasteiger partial charge in [0.05, 0.1) is 21.8 Å². The largest absolute Gasteiger partial charge is 0.382 e. The van der Waals surface area contributed by atoms with Crippen LogP contribution in [0.4, 0.5) is 5.69 Å². The van der Waals surface area contributed by atoms with Crippen molar-refractivity contribution in [1.82, 2.24) is 9.88 Å². The topological polar surface area (TPSA) is 89.1 Å². The predicted octanol–water partition coefficient (Wildman–Crippen LogP) is 2.91. The normalized spacial score (nSPS) is 14.5. The molecule has 0 unspecified atom stereocenters. The summed E-state index contributed by atoms with van der Waals surface area (Å²) in [6.07, 6.45) is 6.15. The van der Waals surface area contributed by atoms with E-state index in [0.717, 1.165) is 12.8 Å². The van der Waals surface area contributed by atoms with Crippen molar-refractivity contribution in [3.8, 4) is 0 Å². The average Bonchev–Trinajstić information content (AvgIpc) is 3.25. The van der Waals surface area contributed by atoms with Gasteiger partial charge in [0.25, 0.3) is 11.5 Å². The minimum Gasteiger partial charge on any atom is -0.382 e. The molecule has 1 amide bonds. The minimum atomic E-state index is -0.292. The number of rotatable bonds is 5. The van der Waals surface area contributed by atoms with Crippen LogP contribution in [-0.2, 0) is 0 Å². The highest BCUT2D eigenvalue weighted by atomic mass is 32.1. The summed E-state index contributed by atoms with van der Waals surface area (Å²) in [6, 6.07) is 3.84. The first-order chi connectivity index (χ1) is 12.0. The Labute approximate surface area is 150 Å². The first-order valence-electron chi connectivity index (χ1n) is 8.35. The molecule has 3 N–H and O–H groups in total. The summed E-state index contributed by atoms with van der Waals surface area (Å²) in [7, 11) is 3.39. The van der Waals surface area contributed by atoms with Gasteiger partial charge in [-0.25, -0.2) is 0 Å². The molecule has 0 saturated heterocycles. The highest BCUT2D eigenvalue weighted by molar-refractivity contribution is 7.12. The molecule has 2 aromatic rings. The molecule has 1 aliphatic carbocycles. The lowest BCUT2D eigenvalue weighted by atomic mass is 10.0. The van der Waals surface area contributed by atoms with Gasteiger partial charge in [0, 0.05) is 37.3 Å². The molecule has 0 aromatic carbocycles.